The molecule has 104 valence electrons. The van der Waals surface area contributed by atoms with Gasteiger partial charge in [-0.3, -0.25) is 0 Å². The maximum Gasteiger partial charge on any atom is 0.212 e. The molecule has 3 aromatic rings. The van der Waals surface area contributed by atoms with Crippen LogP contribution >= 0.6 is 11.3 Å². The summed E-state index contributed by atoms with van der Waals surface area (Å²) in [6.45, 7) is 2.50. The van der Waals surface area contributed by atoms with Crippen molar-refractivity contribution in [1.82, 2.24) is 14.6 Å². The van der Waals surface area contributed by atoms with Crippen molar-refractivity contribution in [3.05, 3.63) is 41.0 Å². The molecule has 1 atom stereocenters. The van der Waals surface area contributed by atoms with Gasteiger partial charge in [-0.25, -0.2) is 9.50 Å². The van der Waals surface area contributed by atoms with Crippen LogP contribution in [0.2, 0.25) is 0 Å². The summed E-state index contributed by atoms with van der Waals surface area (Å²) in [6, 6.07) is 8.21. The Morgan fingerprint density at radius 1 is 1.35 bits per heavy atom. The highest BCUT2D eigenvalue weighted by Crippen LogP contribution is 2.23. The maximum absolute atomic E-state index is 5.85. The van der Waals surface area contributed by atoms with E-state index in [1.165, 1.54) is 0 Å². The second-order valence-corrected chi connectivity index (χ2v) is 5.73. The first kappa shape index (κ1) is 13.2. The Kier molecular flexibility index (Phi) is 3.52. The van der Waals surface area contributed by atoms with Crippen molar-refractivity contribution in [3.63, 3.8) is 0 Å². The molecule has 2 heterocycles. The lowest BCUT2D eigenvalue weighted by atomic mass is 10.1. The fourth-order valence-electron chi connectivity index (χ4n) is 2.02. The Hall–Kier alpha value is -1.76. The molecule has 5 nitrogen and oxygen atoms in total. The molecule has 6 heteroatoms. The second-order valence-electron chi connectivity index (χ2n) is 4.69. The first-order valence-electron chi connectivity index (χ1n) is 6.37. The number of hydrogen-bond donors (Lipinski definition) is 1. The van der Waals surface area contributed by atoms with E-state index in [1.54, 1.807) is 23.0 Å². The highest BCUT2D eigenvalue weighted by molar-refractivity contribution is 7.16. The Balaban J connectivity index is 1.91. The summed E-state index contributed by atoms with van der Waals surface area (Å²) in [6.07, 6.45) is 1.94. The minimum Gasteiger partial charge on any atom is -0.377 e. The van der Waals surface area contributed by atoms with E-state index in [4.69, 9.17) is 10.5 Å². The molecule has 20 heavy (non-hydrogen) atoms. The van der Waals surface area contributed by atoms with Crippen molar-refractivity contribution in [2.45, 2.75) is 19.6 Å². The Bertz CT molecular complexity index is 683. The highest BCUT2D eigenvalue weighted by atomic mass is 32.1. The van der Waals surface area contributed by atoms with Crippen LogP contribution in [-0.2, 0) is 11.3 Å². The first-order chi connectivity index (χ1) is 9.67. The molecular formula is C14H16N4OS. The molecule has 0 radical (unpaired) electrons. The molecule has 1 aromatic carbocycles. The summed E-state index contributed by atoms with van der Waals surface area (Å²) in [4.78, 5) is 5.47. The number of nitrogens with two attached hydrogens (primary N) is 1. The third-order valence-electron chi connectivity index (χ3n) is 3.09. The van der Waals surface area contributed by atoms with Crippen molar-refractivity contribution in [2.75, 3.05) is 7.11 Å². The summed E-state index contributed by atoms with van der Waals surface area (Å²) < 4.78 is 6.87. The van der Waals surface area contributed by atoms with Gasteiger partial charge >= 0.3 is 0 Å². The van der Waals surface area contributed by atoms with Crippen LogP contribution in [0.15, 0.2) is 30.5 Å². The van der Waals surface area contributed by atoms with Crippen molar-refractivity contribution in [3.8, 4) is 11.3 Å². The fraction of sp³-hybridized carbons (Fsp3) is 0.286. The molecule has 0 aliphatic carbocycles. The third kappa shape index (κ3) is 2.45. The lowest BCUT2D eigenvalue weighted by molar-refractivity contribution is 0.183. The summed E-state index contributed by atoms with van der Waals surface area (Å²) in [7, 11) is 1.66. The summed E-state index contributed by atoms with van der Waals surface area (Å²) in [5.41, 5.74) is 8.96. The van der Waals surface area contributed by atoms with Crippen molar-refractivity contribution < 1.29 is 4.74 Å². The Morgan fingerprint density at radius 3 is 2.70 bits per heavy atom. The van der Waals surface area contributed by atoms with Crippen LogP contribution in [-0.4, -0.2) is 21.7 Å². The molecule has 3 rings (SSSR count). The maximum atomic E-state index is 5.85. The van der Waals surface area contributed by atoms with Crippen LogP contribution in [0.25, 0.3) is 16.2 Å². The van der Waals surface area contributed by atoms with Crippen molar-refractivity contribution >= 4 is 16.3 Å². The van der Waals surface area contributed by atoms with E-state index in [-0.39, 0.29) is 6.04 Å². The van der Waals surface area contributed by atoms with Gasteiger partial charge in [0.15, 0.2) is 0 Å². The largest absolute Gasteiger partial charge is 0.377 e. The monoisotopic (exact) mass is 288 g/mol. The topological polar surface area (TPSA) is 65.4 Å². The van der Waals surface area contributed by atoms with Gasteiger partial charge in [0.1, 0.15) is 5.01 Å². The summed E-state index contributed by atoms with van der Waals surface area (Å²) in [5.74, 6) is 0. The number of ether oxygens (including phenoxy) is 1. The molecule has 2 N–H and O–H groups in total. The number of hydrogen-bond acceptors (Lipinski definition) is 5. The van der Waals surface area contributed by atoms with Gasteiger partial charge in [0, 0.05) is 18.7 Å². The SMILES string of the molecule is COCc1nn2cc(-c3ccc(C(C)N)cc3)nc2s1. The lowest BCUT2D eigenvalue weighted by Crippen LogP contribution is -2.04. The molecule has 0 saturated carbocycles. The van der Waals surface area contributed by atoms with E-state index >= 15 is 0 Å². The predicted octanol–water partition coefficient (Wildman–Crippen LogP) is 2.62. The van der Waals surface area contributed by atoms with Crippen LogP contribution in [0.5, 0.6) is 0 Å². The van der Waals surface area contributed by atoms with Crippen LogP contribution < -0.4 is 5.73 Å². The van der Waals surface area contributed by atoms with Gasteiger partial charge in [-0.2, -0.15) is 5.10 Å². The van der Waals surface area contributed by atoms with Crippen LogP contribution in [0.1, 0.15) is 23.5 Å². The standard InChI is InChI=1S/C14H16N4OS/c1-9(15)10-3-5-11(6-4-10)12-7-18-14(16-12)20-13(17-18)8-19-2/h3-7,9H,8,15H2,1-2H3. The van der Waals surface area contributed by atoms with E-state index in [2.05, 4.69) is 10.1 Å². The van der Waals surface area contributed by atoms with Gasteiger partial charge in [-0.05, 0) is 12.5 Å². The molecule has 0 bridgehead atoms. The minimum absolute atomic E-state index is 0.0489. The van der Waals surface area contributed by atoms with Gasteiger partial charge in [0.05, 0.1) is 18.5 Å². The smallest absolute Gasteiger partial charge is 0.212 e. The number of imidazole rings is 1. The number of aromatic nitrogens is 3. The molecule has 0 fully saturated rings. The molecular weight excluding hydrogens is 272 g/mol. The van der Waals surface area contributed by atoms with E-state index < -0.39 is 0 Å². The van der Waals surface area contributed by atoms with Gasteiger partial charge < -0.3 is 10.5 Å². The zero-order chi connectivity index (χ0) is 14.1. The zero-order valence-corrected chi connectivity index (χ0v) is 12.2. The van der Waals surface area contributed by atoms with Gasteiger partial charge in [-0.15, -0.1) is 0 Å². The minimum atomic E-state index is 0.0489. The summed E-state index contributed by atoms with van der Waals surface area (Å²) in [5, 5.41) is 5.35. The lowest BCUT2D eigenvalue weighted by Gasteiger charge is -2.05. The third-order valence-corrected chi connectivity index (χ3v) is 3.98. The van der Waals surface area contributed by atoms with Crippen molar-refractivity contribution in [2.24, 2.45) is 5.73 Å². The van der Waals surface area contributed by atoms with Crippen LogP contribution in [0.4, 0.5) is 0 Å². The molecule has 0 spiro atoms. The quantitative estimate of drug-likeness (QED) is 0.801. The van der Waals surface area contributed by atoms with E-state index in [1.807, 2.05) is 37.4 Å². The van der Waals surface area contributed by atoms with Gasteiger partial charge in [0.25, 0.3) is 0 Å². The van der Waals surface area contributed by atoms with Gasteiger partial charge in [0.2, 0.25) is 4.96 Å². The number of nitrogens with zero attached hydrogens (tertiary/aromatic N) is 3. The van der Waals surface area contributed by atoms with Gasteiger partial charge in [-0.1, -0.05) is 35.6 Å². The Morgan fingerprint density at radius 2 is 2.10 bits per heavy atom. The van der Waals surface area contributed by atoms with E-state index in [9.17, 15) is 0 Å². The molecule has 0 aliphatic rings. The predicted molar refractivity (Wildman–Crippen MR) is 79.6 cm³/mol. The first-order valence-corrected chi connectivity index (χ1v) is 7.19. The number of fused-ring (bicyclic) bond motifs is 1. The fourth-order valence-corrected chi connectivity index (χ4v) is 2.87. The number of benzene rings is 1. The number of methoxy groups -OCH3 is 1. The molecule has 0 amide bonds. The highest BCUT2D eigenvalue weighted by Gasteiger charge is 2.09. The summed E-state index contributed by atoms with van der Waals surface area (Å²) >= 11 is 1.54. The van der Waals surface area contributed by atoms with Crippen LogP contribution in [0, 0.1) is 0 Å². The average molecular weight is 288 g/mol. The average Bonchev–Trinajstić information content (AvgIpc) is 2.97. The van der Waals surface area contributed by atoms with E-state index in [0.29, 0.717) is 6.61 Å². The Labute approximate surface area is 121 Å². The molecule has 2 aromatic heterocycles. The van der Waals surface area contributed by atoms with Crippen LogP contribution in [0.3, 0.4) is 0 Å². The van der Waals surface area contributed by atoms with Crippen molar-refractivity contribution in [1.29, 1.82) is 0 Å². The van der Waals surface area contributed by atoms with E-state index in [0.717, 1.165) is 26.8 Å². The normalized spacial score (nSPS) is 12.9. The molecule has 0 saturated heterocycles. The molecule has 0 aliphatic heterocycles. The second kappa shape index (κ2) is 5.32. The number of rotatable bonds is 4. The zero-order valence-electron chi connectivity index (χ0n) is 11.4. The molecule has 1 unspecified atom stereocenters.